The molecule has 0 aliphatic carbocycles. The number of Topliss-reactive ketones (excluding diaryl/α,β-unsaturated/α-hetero) is 2. The fraction of sp³-hybridized carbons (Fsp3) is 0.294. The van der Waals surface area contributed by atoms with Crippen LogP contribution in [0.15, 0.2) is 36.4 Å². The monoisotopic (exact) mass is 310 g/mol. The first-order chi connectivity index (χ1) is 9.06. The molecule has 0 saturated heterocycles. The molecule has 0 radical (unpaired) electrons. The van der Waals surface area contributed by atoms with Crippen molar-refractivity contribution in [3.8, 4) is 0 Å². The van der Waals surface area contributed by atoms with Gasteiger partial charge in [-0.3, -0.25) is 0 Å². The smallest absolute Gasteiger partial charge is 0.105 e. The molecule has 112 valence electrons. The van der Waals surface area contributed by atoms with Gasteiger partial charge in [-0.15, -0.1) is 0 Å². The molecule has 0 amide bonds. The van der Waals surface area contributed by atoms with E-state index in [2.05, 4.69) is 0 Å². The maximum Gasteiger partial charge on any atom is 0.105 e. The molecule has 2 aromatic carbocycles. The molecular formula is C17H18FeO2-6. The first kappa shape index (κ1) is 16.6. The average molecular weight is 310 g/mol. The van der Waals surface area contributed by atoms with Gasteiger partial charge < -0.3 is 38.9 Å². The van der Waals surface area contributed by atoms with Gasteiger partial charge in [-0.05, 0) is 13.8 Å². The zero-order valence-electron chi connectivity index (χ0n) is 11.8. The van der Waals surface area contributed by atoms with Gasteiger partial charge in [0.15, 0.2) is 0 Å². The first-order valence-electron chi connectivity index (χ1n) is 6.59. The van der Waals surface area contributed by atoms with E-state index in [9.17, 15) is 9.59 Å². The second kappa shape index (κ2) is 7.37. The van der Waals surface area contributed by atoms with E-state index < -0.39 is 0 Å². The Hall–Kier alpha value is -1.44. The number of hydrogen-bond acceptors (Lipinski definition) is 2. The normalized spacial score (nSPS) is 10.1. The molecule has 0 N–H and O–H groups in total. The van der Waals surface area contributed by atoms with Crippen molar-refractivity contribution in [2.75, 3.05) is 0 Å². The second-order valence-electron chi connectivity index (χ2n) is 4.98. The van der Waals surface area contributed by atoms with Crippen molar-refractivity contribution in [2.45, 2.75) is 33.1 Å². The van der Waals surface area contributed by atoms with Gasteiger partial charge in [0.2, 0.25) is 0 Å². The van der Waals surface area contributed by atoms with Crippen molar-refractivity contribution < 1.29 is 26.7 Å². The zero-order valence-corrected chi connectivity index (χ0v) is 12.9. The predicted molar refractivity (Wildman–Crippen MR) is 76.1 cm³/mol. The third-order valence-corrected chi connectivity index (χ3v) is 3.38. The SMILES string of the molecule is CC(=O)[c-]1ccc(CCC[c-]2[cH-][cH-][c-](C(C)=O)[cH-]2)c1.[Fe]. The Bertz CT molecular complexity index is 537. The van der Waals surface area contributed by atoms with Gasteiger partial charge >= 0.3 is 0 Å². The zero-order chi connectivity index (χ0) is 13.8. The van der Waals surface area contributed by atoms with E-state index in [-0.39, 0.29) is 28.6 Å². The molecule has 0 saturated carbocycles. The Morgan fingerprint density at radius 1 is 1.20 bits per heavy atom. The topological polar surface area (TPSA) is 34.1 Å². The Balaban J connectivity index is 0.00000200. The minimum atomic E-state index is 0. The van der Waals surface area contributed by atoms with Crippen LogP contribution >= 0.6 is 0 Å². The van der Waals surface area contributed by atoms with Crippen LogP contribution in [0.25, 0.3) is 0 Å². The van der Waals surface area contributed by atoms with Crippen LogP contribution in [-0.4, -0.2) is 11.6 Å². The van der Waals surface area contributed by atoms with Crippen LogP contribution in [0.1, 0.15) is 52.1 Å². The molecule has 0 aliphatic heterocycles. The molecule has 0 unspecified atom stereocenters. The molecule has 2 rings (SSSR count). The van der Waals surface area contributed by atoms with E-state index in [4.69, 9.17) is 0 Å². The molecule has 2 aromatic rings. The number of rotatable bonds is 6. The molecule has 2 nitrogen and oxygen atoms in total. The number of aryl methyl sites for hydroxylation is 2. The molecule has 3 heteroatoms. The van der Waals surface area contributed by atoms with Gasteiger partial charge in [0, 0.05) is 17.1 Å². The minimum Gasteiger partial charge on any atom is -0.745 e. The third-order valence-electron chi connectivity index (χ3n) is 3.38. The van der Waals surface area contributed by atoms with Crippen LogP contribution in [0.2, 0.25) is 0 Å². The van der Waals surface area contributed by atoms with Crippen molar-refractivity contribution >= 4 is 11.6 Å². The van der Waals surface area contributed by atoms with Crippen molar-refractivity contribution in [3.05, 3.63) is 58.7 Å². The summed E-state index contributed by atoms with van der Waals surface area (Å²) in [7, 11) is 0. The van der Waals surface area contributed by atoms with Gasteiger partial charge in [0.1, 0.15) is 5.78 Å². The quantitative estimate of drug-likeness (QED) is 0.463. The largest absolute Gasteiger partial charge is 0.745 e. The summed E-state index contributed by atoms with van der Waals surface area (Å²) in [6, 6.07) is 11.7. The molecule has 20 heavy (non-hydrogen) atoms. The predicted octanol–water partition coefficient (Wildman–Crippen LogP) is 3.70. The van der Waals surface area contributed by atoms with E-state index in [0.717, 1.165) is 30.4 Å². The van der Waals surface area contributed by atoms with Crippen molar-refractivity contribution in [2.24, 2.45) is 0 Å². The fourth-order valence-corrected chi connectivity index (χ4v) is 2.23. The number of hydrogen-bond donors (Lipinski definition) is 0. The van der Waals surface area contributed by atoms with Crippen molar-refractivity contribution in [1.82, 2.24) is 0 Å². The second-order valence-corrected chi connectivity index (χ2v) is 4.98. The summed E-state index contributed by atoms with van der Waals surface area (Å²) >= 11 is 0. The van der Waals surface area contributed by atoms with Gasteiger partial charge in [-0.25, -0.2) is 12.5 Å². The Morgan fingerprint density at radius 2 is 1.95 bits per heavy atom. The Labute approximate surface area is 130 Å². The van der Waals surface area contributed by atoms with Crippen molar-refractivity contribution in [1.29, 1.82) is 0 Å². The van der Waals surface area contributed by atoms with Crippen LogP contribution in [0, 0.1) is 0 Å². The van der Waals surface area contributed by atoms with Gasteiger partial charge in [-0.2, -0.15) is 17.7 Å². The van der Waals surface area contributed by atoms with E-state index >= 15 is 0 Å². The van der Waals surface area contributed by atoms with Crippen LogP contribution in [0.3, 0.4) is 0 Å². The molecule has 0 aromatic heterocycles. The van der Waals surface area contributed by atoms with Crippen LogP contribution in [-0.2, 0) is 29.9 Å². The van der Waals surface area contributed by atoms with E-state index in [1.165, 1.54) is 11.1 Å². The van der Waals surface area contributed by atoms with Crippen LogP contribution < -0.4 is 0 Å². The van der Waals surface area contributed by atoms with Gasteiger partial charge in [-0.1, -0.05) is 24.2 Å². The molecular weight excluding hydrogens is 292 g/mol. The first-order valence-corrected chi connectivity index (χ1v) is 6.59. The molecule has 0 bridgehead atoms. The summed E-state index contributed by atoms with van der Waals surface area (Å²) in [5, 5.41) is 0. The molecule has 0 spiro atoms. The standard InChI is InChI=1S/C17H18O2.Fe/c1-12(18)16-8-6-14(10-16)4-3-5-15-7-9-17(11-15)13(2)19;/h6-11H,3-5H2,1-2H3;/q-6;. The molecule has 0 fully saturated rings. The van der Waals surface area contributed by atoms with E-state index in [1.807, 2.05) is 36.4 Å². The summed E-state index contributed by atoms with van der Waals surface area (Å²) in [5.41, 5.74) is 4.01. The summed E-state index contributed by atoms with van der Waals surface area (Å²) in [6.07, 6.45) is 2.96. The van der Waals surface area contributed by atoms with Crippen LogP contribution in [0.4, 0.5) is 0 Å². The van der Waals surface area contributed by atoms with E-state index in [1.54, 1.807) is 13.8 Å². The molecule has 0 heterocycles. The average Bonchev–Trinajstić information content (AvgIpc) is 2.97. The minimum absolute atomic E-state index is 0. The maximum absolute atomic E-state index is 11.2. The summed E-state index contributed by atoms with van der Waals surface area (Å²) in [4.78, 5) is 22.4. The fourth-order valence-electron chi connectivity index (χ4n) is 2.23. The van der Waals surface area contributed by atoms with Gasteiger partial charge in [0.05, 0.1) is 0 Å². The molecule has 0 atom stereocenters. The third kappa shape index (κ3) is 4.29. The number of carbonyl (C=O) groups is 2. The number of carbonyl (C=O) groups excluding carboxylic acids is 2. The van der Waals surface area contributed by atoms with Gasteiger partial charge in [0.25, 0.3) is 0 Å². The number of ketones is 2. The molecule has 0 aliphatic rings. The summed E-state index contributed by atoms with van der Waals surface area (Å²) in [6.45, 7) is 3.18. The summed E-state index contributed by atoms with van der Waals surface area (Å²) < 4.78 is 0. The maximum atomic E-state index is 11.2. The Kier molecular flexibility index (Phi) is 6.12. The van der Waals surface area contributed by atoms with Crippen molar-refractivity contribution in [3.63, 3.8) is 0 Å². The van der Waals surface area contributed by atoms with E-state index in [0.29, 0.717) is 0 Å². The van der Waals surface area contributed by atoms with Crippen LogP contribution in [0.5, 0.6) is 0 Å². The Morgan fingerprint density at radius 3 is 2.50 bits per heavy atom. The summed E-state index contributed by atoms with van der Waals surface area (Å²) in [5.74, 6) is 0.238.